The Morgan fingerprint density at radius 2 is 1.91 bits per heavy atom. The third-order valence-corrected chi connectivity index (χ3v) is 5.53. The van der Waals surface area contributed by atoms with E-state index in [2.05, 4.69) is 22.1 Å². The van der Waals surface area contributed by atoms with Crippen molar-refractivity contribution in [2.45, 2.75) is 6.42 Å². The lowest BCUT2D eigenvalue weighted by Crippen LogP contribution is -2.27. The zero-order valence-corrected chi connectivity index (χ0v) is 18.4. The molecule has 0 bridgehead atoms. The van der Waals surface area contributed by atoms with Gasteiger partial charge in [-0.2, -0.15) is 0 Å². The number of nitrogens with one attached hydrogen (secondary N) is 1. The lowest BCUT2D eigenvalue weighted by Gasteiger charge is -2.18. The second-order valence-electron chi connectivity index (χ2n) is 6.96. The minimum absolute atomic E-state index is 0.0184. The molecule has 0 radical (unpaired) electrons. The van der Waals surface area contributed by atoms with E-state index in [4.69, 9.17) is 27.9 Å². The number of nitrogens with zero attached hydrogens (tertiary/aromatic N) is 1. The van der Waals surface area contributed by atoms with Crippen LogP contribution in [0.25, 0.3) is 6.08 Å². The maximum atomic E-state index is 13.0. The minimum Gasteiger partial charge on any atom is -0.481 e. The van der Waals surface area contributed by atoms with Crippen LogP contribution in [0, 0.1) is 11.8 Å². The predicted molar refractivity (Wildman–Crippen MR) is 125 cm³/mol. The Morgan fingerprint density at radius 3 is 2.69 bits per heavy atom. The number of Topliss-reactive ketones (excluding diaryl/α,β-unsaturated/α-hetero) is 1. The quantitative estimate of drug-likeness (QED) is 0.329. The van der Waals surface area contributed by atoms with Gasteiger partial charge in [0.05, 0.1) is 28.4 Å². The van der Waals surface area contributed by atoms with Gasteiger partial charge in [0.25, 0.3) is 5.91 Å². The minimum atomic E-state index is -0.473. The van der Waals surface area contributed by atoms with Crippen molar-refractivity contribution in [2.75, 3.05) is 12.4 Å². The van der Waals surface area contributed by atoms with E-state index in [1.807, 2.05) is 12.1 Å². The Balaban J connectivity index is 1.60. The van der Waals surface area contributed by atoms with Crippen LogP contribution in [0.5, 0.6) is 5.88 Å². The van der Waals surface area contributed by atoms with Gasteiger partial charge in [0.2, 0.25) is 11.7 Å². The molecule has 1 aliphatic heterocycles. The molecule has 158 valence electrons. The summed E-state index contributed by atoms with van der Waals surface area (Å²) in [6.45, 7) is 0. The Bertz CT molecular complexity index is 1340. The summed E-state index contributed by atoms with van der Waals surface area (Å²) in [4.78, 5) is 29.6. The second-order valence-corrected chi connectivity index (χ2v) is 7.77. The van der Waals surface area contributed by atoms with E-state index in [-0.39, 0.29) is 11.4 Å². The molecule has 0 spiro atoms. The van der Waals surface area contributed by atoms with Gasteiger partial charge in [-0.25, -0.2) is 4.98 Å². The van der Waals surface area contributed by atoms with Crippen LogP contribution in [-0.2, 0) is 11.2 Å². The van der Waals surface area contributed by atoms with E-state index in [0.717, 1.165) is 5.56 Å². The molecular weight excluding hydrogens is 447 g/mol. The van der Waals surface area contributed by atoms with E-state index in [9.17, 15) is 9.59 Å². The molecule has 0 saturated heterocycles. The van der Waals surface area contributed by atoms with Crippen LogP contribution in [-0.4, -0.2) is 23.8 Å². The number of amides is 1. The molecule has 5 nitrogen and oxygen atoms in total. The number of methoxy groups -OCH3 is 1. The molecule has 1 aliphatic rings. The molecule has 7 heteroatoms. The maximum Gasteiger partial charge on any atom is 0.259 e. The zero-order valence-electron chi connectivity index (χ0n) is 16.9. The predicted octanol–water partition coefficient (Wildman–Crippen LogP) is 5.21. The van der Waals surface area contributed by atoms with Crippen molar-refractivity contribution < 1.29 is 14.3 Å². The maximum absolute atomic E-state index is 13.0. The summed E-state index contributed by atoms with van der Waals surface area (Å²) in [7, 11) is 1.56. The number of ketones is 1. The van der Waals surface area contributed by atoms with Gasteiger partial charge in [0, 0.05) is 29.8 Å². The highest BCUT2D eigenvalue weighted by Gasteiger charge is 2.28. The number of carbonyl (C=O) groups excluding carboxylic acids is 2. The number of pyridine rings is 1. The summed E-state index contributed by atoms with van der Waals surface area (Å²) in [5, 5.41) is 3.49. The SMILES string of the molecule is COc1cc(CC#Cc2ccc3c(c2)C(=O)C(=Cc2ccc(Cl)c(Cl)c2)C(=O)N3)ccn1. The van der Waals surface area contributed by atoms with Crippen molar-refractivity contribution in [1.82, 2.24) is 4.98 Å². The van der Waals surface area contributed by atoms with Crippen molar-refractivity contribution >= 4 is 46.7 Å². The highest BCUT2D eigenvalue weighted by Crippen LogP contribution is 2.29. The molecule has 1 aromatic heterocycles. The van der Waals surface area contributed by atoms with Crippen LogP contribution in [0.15, 0.2) is 60.3 Å². The van der Waals surface area contributed by atoms with Crippen LogP contribution in [0.2, 0.25) is 10.0 Å². The van der Waals surface area contributed by atoms with Crippen molar-refractivity contribution in [3.05, 3.63) is 92.6 Å². The second kappa shape index (κ2) is 9.27. The van der Waals surface area contributed by atoms with Crippen LogP contribution in [0.4, 0.5) is 5.69 Å². The number of hydrogen-bond acceptors (Lipinski definition) is 4. The first-order valence-corrected chi connectivity index (χ1v) is 10.3. The number of fused-ring (bicyclic) bond motifs is 1. The highest BCUT2D eigenvalue weighted by molar-refractivity contribution is 6.42. The number of rotatable bonds is 3. The van der Waals surface area contributed by atoms with Gasteiger partial charge < -0.3 is 10.1 Å². The number of hydrogen-bond donors (Lipinski definition) is 1. The van der Waals surface area contributed by atoms with Crippen molar-refractivity contribution in [1.29, 1.82) is 0 Å². The summed E-state index contributed by atoms with van der Waals surface area (Å²) in [6, 6.07) is 13.7. The number of benzene rings is 2. The smallest absolute Gasteiger partial charge is 0.259 e. The number of halogens is 2. The zero-order chi connectivity index (χ0) is 22.7. The molecule has 32 heavy (non-hydrogen) atoms. The van der Waals surface area contributed by atoms with Crippen LogP contribution < -0.4 is 10.1 Å². The summed E-state index contributed by atoms with van der Waals surface area (Å²) in [6.07, 6.45) is 3.67. The van der Waals surface area contributed by atoms with Gasteiger partial charge >= 0.3 is 0 Å². The molecule has 2 heterocycles. The molecule has 4 rings (SSSR count). The number of ether oxygens (including phenoxy) is 1. The van der Waals surface area contributed by atoms with E-state index >= 15 is 0 Å². The molecule has 1 N–H and O–H groups in total. The van der Waals surface area contributed by atoms with Crippen molar-refractivity contribution in [3.63, 3.8) is 0 Å². The Kier molecular flexibility index (Phi) is 6.27. The van der Waals surface area contributed by atoms with Gasteiger partial charge in [0.1, 0.15) is 0 Å². The molecule has 0 atom stereocenters. The largest absolute Gasteiger partial charge is 0.481 e. The third kappa shape index (κ3) is 4.67. The third-order valence-electron chi connectivity index (χ3n) is 4.79. The molecule has 0 aliphatic carbocycles. The first-order valence-electron chi connectivity index (χ1n) is 9.59. The molecule has 0 saturated carbocycles. The van der Waals surface area contributed by atoms with Crippen molar-refractivity contribution in [3.8, 4) is 17.7 Å². The first-order chi connectivity index (χ1) is 15.4. The van der Waals surface area contributed by atoms with Gasteiger partial charge in [-0.05, 0) is 53.6 Å². The summed E-state index contributed by atoms with van der Waals surface area (Å²) >= 11 is 12.0. The van der Waals surface area contributed by atoms with Gasteiger partial charge in [-0.3, -0.25) is 9.59 Å². The van der Waals surface area contributed by atoms with E-state index < -0.39 is 5.91 Å². The van der Waals surface area contributed by atoms with Gasteiger partial charge in [-0.15, -0.1) is 0 Å². The van der Waals surface area contributed by atoms with E-state index in [0.29, 0.717) is 44.7 Å². The number of carbonyl (C=O) groups is 2. The Labute approximate surface area is 195 Å². The highest BCUT2D eigenvalue weighted by atomic mass is 35.5. The fraction of sp³-hybridized carbons (Fsp3) is 0.0800. The molecule has 0 unspecified atom stereocenters. The monoisotopic (exact) mass is 462 g/mol. The molecule has 3 aromatic rings. The number of anilines is 1. The number of aromatic nitrogens is 1. The average molecular weight is 463 g/mol. The Hall–Kier alpha value is -3.59. The fourth-order valence-electron chi connectivity index (χ4n) is 3.18. The van der Waals surface area contributed by atoms with Crippen LogP contribution in [0.3, 0.4) is 0 Å². The molecule has 1 amide bonds. The lowest BCUT2D eigenvalue weighted by atomic mass is 9.94. The van der Waals surface area contributed by atoms with Crippen molar-refractivity contribution in [2.24, 2.45) is 0 Å². The molecule has 2 aromatic carbocycles. The summed E-state index contributed by atoms with van der Waals surface area (Å²) in [5.41, 5.74) is 3.10. The van der Waals surface area contributed by atoms with Crippen LogP contribution >= 0.6 is 23.2 Å². The summed E-state index contributed by atoms with van der Waals surface area (Å²) in [5.74, 6) is 5.83. The van der Waals surface area contributed by atoms with E-state index in [1.165, 1.54) is 6.08 Å². The molecule has 0 fully saturated rings. The topological polar surface area (TPSA) is 68.3 Å². The van der Waals surface area contributed by atoms with E-state index in [1.54, 1.807) is 49.7 Å². The Morgan fingerprint density at radius 1 is 1.06 bits per heavy atom. The fourth-order valence-corrected chi connectivity index (χ4v) is 3.48. The van der Waals surface area contributed by atoms with Gasteiger partial charge in [-0.1, -0.05) is 41.1 Å². The lowest BCUT2D eigenvalue weighted by molar-refractivity contribution is -0.112. The van der Waals surface area contributed by atoms with Crippen LogP contribution in [0.1, 0.15) is 27.0 Å². The standard InChI is InChI=1S/C25H16Cl2N2O3/c1-32-23-14-16(9-10-28-23)4-2-3-15-6-8-22-18(11-15)24(30)19(25(31)29-22)12-17-5-7-20(26)21(27)13-17/h5-14H,4H2,1H3,(H,29,31). The summed E-state index contributed by atoms with van der Waals surface area (Å²) < 4.78 is 5.12. The molecular formula is C25H16Cl2N2O3. The first kappa shape index (κ1) is 21.6. The normalized spacial score (nSPS) is 13.8. The van der Waals surface area contributed by atoms with Gasteiger partial charge in [0.15, 0.2) is 0 Å². The average Bonchev–Trinajstić information content (AvgIpc) is 2.79.